The van der Waals surface area contributed by atoms with Crippen LogP contribution in [0.1, 0.15) is 44.9 Å². The highest BCUT2D eigenvalue weighted by Crippen LogP contribution is 2.21. The Kier molecular flexibility index (Phi) is 6.31. The highest BCUT2D eigenvalue weighted by atomic mass is 32.2. The van der Waals surface area contributed by atoms with Gasteiger partial charge < -0.3 is 5.32 Å². The van der Waals surface area contributed by atoms with Crippen molar-refractivity contribution in [1.29, 1.82) is 0 Å². The fourth-order valence-corrected chi connectivity index (χ4v) is 2.82. The van der Waals surface area contributed by atoms with Crippen LogP contribution in [0, 0.1) is 5.92 Å². The molecule has 1 aliphatic rings. The minimum atomic E-state index is -3.28. The lowest BCUT2D eigenvalue weighted by Crippen LogP contribution is -2.26. The summed E-state index contributed by atoms with van der Waals surface area (Å²) in [5.41, 5.74) is 0. The Hall–Kier alpha value is -0.130. The van der Waals surface area contributed by atoms with Gasteiger partial charge in [0.15, 0.2) is 0 Å². The molecule has 1 rings (SSSR count). The third kappa shape index (κ3) is 7.19. The molecule has 4 nitrogen and oxygen atoms in total. The van der Waals surface area contributed by atoms with Crippen LogP contribution < -0.4 is 10.5 Å². The highest BCUT2D eigenvalue weighted by molar-refractivity contribution is 7.89. The molecule has 0 aromatic carbocycles. The average Bonchev–Trinajstić information content (AvgIpc) is 2.44. The zero-order valence-corrected chi connectivity index (χ0v) is 10.8. The van der Waals surface area contributed by atoms with Gasteiger partial charge in [0.25, 0.3) is 0 Å². The quantitative estimate of drug-likeness (QED) is 0.548. The maximum atomic E-state index is 10.7. The van der Waals surface area contributed by atoms with Crippen molar-refractivity contribution in [3.05, 3.63) is 0 Å². The van der Waals surface area contributed by atoms with Crippen molar-refractivity contribution in [2.45, 2.75) is 44.9 Å². The molecule has 16 heavy (non-hydrogen) atoms. The van der Waals surface area contributed by atoms with Crippen molar-refractivity contribution < 1.29 is 8.42 Å². The van der Waals surface area contributed by atoms with Gasteiger partial charge in [-0.05, 0) is 38.3 Å². The molecule has 0 unspecified atom stereocenters. The van der Waals surface area contributed by atoms with Crippen molar-refractivity contribution in [1.82, 2.24) is 5.32 Å². The van der Waals surface area contributed by atoms with Gasteiger partial charge in [-0.2, -0.15) is 0 Å². The third-order valence-corrected chi connectivity index (χ3v) is 4.05. The number of hydrogen-bond acceptors (Lipinski definition) is 3. The Labute approximate surface area is 99.0 Å². The van der Waals surface area contributed by atoms with Gasteiger partial charge in [-0.3, -0.25) is 0 Å². The molecule has 3 N–H and O–H groups in total. The van der Waals surface area contributed by atoms with Crippen LogP contribution in [0.4, 0.5) is 0 Å². The molecule has 0 radical (unpaired) electrons. The van der Waals surface area contributed by atoms with Crippen molar-refractivity contribution in [2.24, 2.45) is 11.1 Å². The fraction of sp³-hybridized carbons (Fsp3) is 1.00. The largest absolute Gasteiger partial charge is 0.316 e. The first-order chi connectivity index (χ1) is 7.58. The van der Waals surface area contributed by atoms with Gasteiger partial charge >= 0.3 is 0 Å². The summed E-state index contributed by atoms with van der Waals surface area (Å²) in [6, 6.07) is 0. The van der Waals surface area contributed by atoms with Gasteiger partial charge in [0.2, 0.25) is 10.0 Å². The summed E-state index contributed by atoms with van der Waals surface area (Å²) in [6.07, 6.45) is 8.72. The SMILES string of the molecule is NS(=O)(=O)CCCNCC1CCCCCC1. The zero-order chi connectivity index (χ0) is 11.9. The molecular formula is C11H24N2O2S. The standard InChI is InChI=1S/C11H24N2O2S/c12-16(14,15)9-5-8-13-10-11-6-3-1-2-4-7-11/h11,13H,1-10H2,(H2,12,14,15). The van der Waals surface area contributed by atoms with Crippen LogP contribution in [-0.2, 0) is 10.0 Å². The molecule has 0 aromatic heterocycles. The lowest BCUT2D eigenvalue weighted by atomic mass is 10.0. The lowest BCUT2D eigenvalue weighted by molar-refractivity contribution is 0.426. The topological polar surface area (TPSA) is 72.2 Å². The van der Waals surface area contributed by atoms with Crippen molar-refractivity contribution in [3.8, 4) is 0 Å². The number of nitrogens with two attached hydrogens (primary N) is 1. The molecule has 5 heteroatoms. The number of nitrogens with one attached hydrogen (secondary N) is 1. The summed E-state index contributed by atoms with van der Waals surface area (Å²) in [4.78, 5) is 0. The van der Waals surface area contributed by atoms with Crippen molar-refractivity contribution >= 4 is 10.0 Å². The van der Waals surface area contributed by atoms with Crippen LogP contribution in [0.5, 0.6) is 0 Å². The molecule has 0 aromatic rings. The summed E-state index contributed by atoms with van der Waals surface area (Å²) in [6.45, 7) is 1.79. The zero-order valence-electron chi connectivity index (χ0n) is 9.95. The molecule has 0 saturated heterocycles. The number of rotatable bonds is 6. The molecule has 0 spiro atoms. The van der Waals surface area contributed by atoms with Crippen LogP contribution in [0.25, 0.3) is 0 Å². The second kappa shape index (κ2) is 7.25. The Balaban J connectivity index is 2.01. The summed E-state index contributed by atoms with van der Waals surface area (Å²) in [5, 5.41) is 8.26. The molecule has 0 heterocycles. The van der Waals surface area contributed by atoms with E-state index in [2.05, 4.69) is 5.32 Å². The summed E-state index contributed by atoms with van der Waals surface area (Å²) in [7, 11) is -3.28. The first-order valence-electron chi connectivity index (χ1n) is 6.29. The normalized spacial score (nSPS) is 19.6. The Bertz CT molecular complexity index is 270. The molecule has 96 valence electrons. The van der Waals surface area contributed by atoms with Gasteiger partial charge in [0.1, 0.15) is 0 Å². The van der Waals surface area contributed by atoms with E-state index < -0.39 is 10.0 Å². The van der Waals surface area contributed by atoms with E-state index in [1.54, 1.807) is 0 Å². The molecule has 1 fully saturated rings. The molecule has 1 saturated carbocycles. The van der Waals surface area contributed by atoms with Crippen LogP contribution in [0.2, 0.25) is 0 Å². The molecule has 0 bridgehead atoms. The van der Waals surface area contributed by atoms with Gasteiger partial charge in [-0.15, -0.1) is 0 Å². The highest BCUT2D eigenvalue weighted by Gasteiger charge is 2.11. The van der Waals surface area contributed by atoms with Gasteiger partial charge in [0, 0.05) is 0 Å². The van der Waals surface area contributed by atoms with E-state index in [0.29, 0.717) is 6.42 Å². The lowest BCUT2D eigenvalue weighted by Gasteiger charge is -2.14. The Morgan fingerprint density at radius 1 is 1.12 bits per heavy atom. The van der Waals surface area contributed by atoms with E-state index >= 15 is 0 Å². The molecule has 0 aliphatic heterocycles. The summed E-state index contributed by atoms with van der Waals surface area (Å²) < 4.78 is 21.4. The van der Waals surface area contributed by atoms with Gasteiger partial charge in [-0.1, -0.05) is 25.7 Å². The van der Waals surface area contributed by atoms with E-state index in [-0.39, 0.29) is 5.75 Å². The van der Waals surface area contributed by atoms with Crippen molar-refractivity contribution in [2.75, 3.05) is 18.8 Å². The van der Waals surface area contributed by atoms with E-state index in [1.807, 2.05) is 0 Å². The van der Waals surface area contributed by atoms with E-state index in [1.165, 1.54) is 38.5 Å². The number of primary sulfonamides is 1. The monoisotopic (exact) mass is 248 g/mol. The molecule has 1 aliphatic carbocycles. The Morgan fingerprint density at radius 3 is 2.31 bits per heavy atom. The molecular weight excluding hydrogens is 224 g/mol. The predicted molar refractivity (Wildman–Crippen MR) is 66.7 cm³/mol. The van der Waals surface area contributed by atoms with Crippen molar-refractivity contribution in [3.63, 3.8) is 0 Å². The van der Waals surface area contributed by atoms with Crippen LogP contribution in [0.3, 0.4) is 0 Å². The van der Waals surface area contributed by atoms with Crippen LogP contribution >= 0.6 is 0 Å². The van der Waals surface area contributed by atoms with Gasteiger partial charge in [-0.25, -0.2) is 13.6 Å². The first kappa shape index (κ1) is 13.9. The van der Waals surface area contributed by atoms with E-state index in [4.69, 9.17) is 5.14 Å². The van der Waals surface area contributed by atoms with Crippen LogP contribution in [0.15, 0.2) is 0 Å². The second-order valence-corrected chi connectivity index (χ2v) is 6.52. The molecule has 0 amide bonds. The minimum Gasteiger partial charge on any atom is -0.316 e. The predicted octanol–water partition coefficient (Wildman–Crippen LogP) is 1.22. The fourth-order valence-electron chi connectivity index (χ4n) is 2.27. The van der Waals surface area contributed by atoms with E-state index in [0.717, 1.165) is 19.0 Å². The average molecular weight is 248 g/mol. The third-order valence-electron chi connectivity index (χ3n) is 3.19. The molecule has 0 atom stereocenters. The maximum absolute atomic E-state index is 10.7. The smallest absolute Gasteiger partial charge is 0.209 e. The van der Waals surface area contributed by atoms with E-state index in [9.17, 15) is 8.42 Å². The first-order valence-corrected chi connectivity index (χ1v) is 8.00. The second-order valence-electron chi connectivity index (χ2n) is 4.78. The van der Waals surface area contributed by atoms with Gasteiger partial charge in [0.05, 0.1) is 5.75 Å². The number of sulfonamides is 1. The maximum Gasteiger partial charge on any atom is 0.209 e. The summed E-state index contributed by atoms with van der Waals surface area (Å²) in [5.74, 6) is 0.877. The minimum absolute atomic E-state index is 0.0880. The Morgan fingerprint density at radius 2 is 1.75 bits per heavy atom. The summed E-state index contributed by atoms with van der Waals surface area (Å²) >= 11 is 0. The van der Waals surface area contributed by atoms with Crippen LogP contribution in [-0.4, -0.2) is 27.3 Å². The number of hydrogen-bond donors (Lipinski definition) is 2.